The van der Waals surface area contributed by atoms with E-state index in [0.29, 0.717) is 17.0 Å². The van der Waals surface area contributed by atoms with Gasteiger partial charge in [0.05, 0.1) is 7.11 Å². The number of aromatic nitrogens is 1. The summed E-state index contributed by atoms with van der Waals surface area (Å²) in [6.07, 6.45) is 3.59. The summed E-state index contributed by atoms with van der Waals surface area (Å²) in [6.45, 7) is 1.62. The number of para-hydroxylation sites is 1. The Morgan fingerprint density at radius 2 is 1.63 bits per heavy atom. The van der Waals surface area contributed by atoms with Gasteiger partial charge in [0.2, 0.25) is 0 Å². The van der Waals surface area contributed by atoms with Crippen molar-refractivity contribution in [3.63, 3.8) is 0 Å². The Kier molecular flexibility index (Phi) is 5.56. The molecule has 6 heteroatoms. The summed E-state index contributed by atoms with van der Waals surface area (Å²) in [5, 5.41) is 0. The zero-order valence-corrected chi connectivity index (χ0v) is 16.3. The fourth-order valence-electron chi connectivity index (χ4n) is 2.86. The van der Waals surface area contributed by atoms with Gasteiger partial charge in [0.1, 0.15) is 27.5 Å². The van der Waals surface area contributed by atoms with Crippen LogP contribution in [0.5, 0.6) is 5.75 Å². The molecule has 3 rings (SSSR count). The molecule has 138 valence electrons. The average molecular weight is 432 g/mol. The largest absolute Gasteiger partial charge is 0.495 e. The second-order valence-electron chi connectivity index (χ2n) is 5.80. The molecular weight excluding hydrogens is 416 g/mol. The van der Waals surface area contributed by atoms with Gasteiger partial charge in [0.15, 0.2) is 0 Å². The summed E-state index contributed by atoms with van der Waals surface area (Å²) in [4.78, 5) is 12.8. The minimum atomic E-state index is -0.824. The van der Waals surface area contributed by atoms with Crippen molar-refractivity contribution in [1.82, 2.24) is 4.57 Å². The maximum atomic E-state index is 14.3. The first kappa shape index (κ1) is 19.0. The van der Waals surface area contributed by atoms with Crippen LogP contribution in [-0.2, 0) is 0 Å². The quantitative estimate of drug-likeness (QED) is 0.556. The standard InChI is InChI=1S/C21H16BrF2NO2/c1-13-15(12-11-14-7-4-3-5-8-14)20(27-2)18(22)21(26)25(13)19-16(23)9-6-10-17(19)24/h3-12H,1-2H3/b12-11+. The van der Waals surface area contributed by atoms with E-state index in [4.69, 9.17) is 4.74 Å². The van der Waals surface area contributed by atoms with Gasteiger partial charge in [-0.1, -0.05) is 42.5 Å². The molecule has 2 aromatic carbocycles. The minimum Gasteiger partial charge on any atom is -0.495 e. The summed E-state index contributed by atoms with van der Waals surface area (Å²) in [5.41, 5.74) is 0.805. The van der Waals surface area contributed by atoms with Crippen LogP contribution >= 0.6 is 15.9 Å². The SMILES string of the molecule is COc1c(/C=C/c2ccccc2)c(C)n(-c2c(F)cccc2F)c(=O)c1Br. The highest BCUT2D eigenvalue weighted by Gasteiger charge is 2.22. The fourth-order valence-corrected chi connectivity index (χ4v) is 3.41. The molecule has 0 saturated carbocycles. The number of ether oxygens (including phenoxy) is 1. The Bertz CT molecular complexity index is 1060. The van der Waals surface area contributed by atoms with E-state index in [1.165, 1.54) is 13.2 Å². The Morgan fingerprint density at radius 1 is 1.00 bits per heavy atom. The second kappa shape index (κ2) is 7.88. The molecule has 0 aliphatic heterocycles. The lowest BCUT2D eigenvalue weighted by Crippen LogP contribution is -2.25. The third-order valence-electron chi connectivity index (χ3n) is 4.17. The molecule has 3 nitrogen and oxygen atoms in total. The molecule has 0 bridgehead atoms. The molecule has 1 heterocycles. The van der Waals surface area contributed by atoms with Gasteiger partial charge in [-0.25, -0.2) is 8.78 Å². The highest BCUT2D eigenvalue weighted by Crippen LogP contribution is 2.32. The monoisotopic (exact) mass is 431 g/mol. The summed E-state index contributed by atoms with van der Waals surface area (Å²) >= 11 is 3.21. The minimum absolute atomic E-state index is 0.0889. The number of rotatable bonds is 4. The maximum absolute atomic E-state index is 14.3. The van der Waals surface area contributed by atoms with E-state index in [1.54, 1.807) is 13.0 Å². The van der Waals surface area contributed by atoms with E-state index < -0.39 is 22.9 Å². The number of methoxy groups -OCH3 is 1. The molecular formula is C21H16BrF2NO2. The first-order valence-electron chi connectivity index (χ1n) is 8.12. The fraction of sp³-hybridized carbons (Fsp3) is 0.0952. The average Bonchev–Trinajstić information content (AvgIpc) is 2.66. The van der Waals surface area contributed by atoms with Crippen LogP contribution in [0.2, 0.25) is 0 Å². The van der Waals surface area contributed by atoms with Gasteiger partial charge in [-0.05, 0) is 46.6 Å². The van der Waals surface area contributed by atoms with Gasteiger partial charge in [-0.15, -0.1) is 0 Å². The van der Waals surface area contributed by atoms with Crippen molar-refractivity contribution in [3.05, 3.63) is 91.8 Å². The number of hydrogen-bond acceptors (Lipinski definition) is 2. The van der Waals surface area contributed by atoms with Gasteiger partial charge in [0, 0.05) is 11.3 Å². The first-order valence-corrected chi connectivity index (χ1v) is 8.91. The molecule has 0 radical (unpaired) electrons. The lowest BCUT2D eigenvalue weighted by atomic mass is 10.1. The topological polar surface area (TPSA) is 31.2 Å². The predicted octanol–water partition coefficient (Wildman–Crippen LogP) is 5.37. The number of pyridine rings is 1. The van der Waals surface area contributed by atoms with Crippen LogP contribution in [-0.4, -0.2) is 11.7 Å². The second-order valence-corrected chi connectivity index (χ2v) is 6.59. The zero-order chi connectivity index (χ0) is 19.6. The molecule has 0 spiro atoms. The van der Waals surface area contributed by atoms with Crippen molar-refractivity contribution in [2.45, 2.75) is 6.92 Å². The summed E-state index contributed by atoms with van der Waals surface area (Å²) in [5.74, 6) is -1.34. The van der Waals surface area contributed by atoms with Crippen molar-refractivity contribution >= 4 is 28.1 Å². The lowest BCUT2D eigenvalue weighted by molar-refractivity contribution is 0.408. The third kappa shape index (κ3) is 3.57. The van der Waals surface area contributed by atoms with Crippen molar-refractivity contribution in [2.75, 3.05) is 7.11 Å². The van der Waals surface area contributed by atoms with Crippen LogP contribution in [0, 0.1) is 18.6 Å². The highest BCUT2D eigenvalue weighted by atomic mass is 79.9. The Labute approximate surface area is 163 Å². The van der Waals surface area contributed by atoms with Crippen molar-refractivity contribution < 1.29 is 13.5 Å². The lowest BCUT2D eigenvalue weighted by Gasteiger charge is -2.18. The molecule has 0 fully saturated rings. The van der Waals surface area contributed by atoms with Crippen LogP contribution in [0.4, 0.5) is 8.78 Å². The Balaban J connectivity index is 2.30. The van der Waals surface area contributed by atoms with Crippen LogP contribution < -0.4 is 10.3 Å². The molecule has 0 saturated heterocycles. The molecule has 0 aliphatic rings. The molecule has 0 unspecified atom stereocenters. The predicted molar refractivity (Wildman–Crippen MR) is 106 cm³/mol. The van der Waals surface area contributed by atoms with E-state index in [-0.39, 0.29) is 4.47 Å². The highest BCUT2D eigenvalue weighted by molar-refractivity contribution is 9.10. The number of halogens is 3. The maximum Gasteiger partial charge on any atom is 0.273 e. The number of nitrogens with zero attached hydrogens (tertiary/aromatic N) is 1. The molecule has 1 aromatic heterocycles. The number of benzene rings is 2. The van der Waals surface area contributed by atoms with Gasteiger partial charge in [-0.2, -0.15) is 0 Å². The van der Waals surface area contributed by atoms with E-state index in [9.17, 15) is 13.6 Å². The van der Waals surface area contributed by atoms with Crippen LogP contribution in [0.1, 0.15) is 16.8 Å². The molecule has 0 aliphatic carbocycles. The van der Waals surface area contributed by atoms with E-state index in [0.717, 1.165) is 22.3 Å². The van der Waals surface area contributed by atoms with Crippen LogP contribution in [0.25, 0.3) is 17.8 Å². The van der Waals surface area contributed by atoms with Gasteiger partial charge in [-0.3, -0.25) is 9.36 Å². The summed E-state index contributed by atoms with van der Waals surface area (Å²) in [6, 6.07) is 13.0. The Morgan fingerprint density at radius 3 is 2.22 bits per heavy atom. The molecule has 0 amide bonds. The van der Waals surface area contributed by atoms with Gasteiger partial charge in [0.25, 0.3) is 5.56 Å². The molecule has 3 aromatic rings. The third-order valence-corrected chi connectivity index (χ3v) is 4.87. The van der Waals surface area contributed by atoms with E-state index >= 15 is 0 Å². The van der Waals surface area contributed by atoms with Crippen molar-refractivity contribution in [1.29, 1.82) is 0 Å². The first-order chi connectivity index (χ1) is 13.0. The smallest absolute Gasteiger partial charge is 0.273 e. The van der Waals surface area contributed by atoms with E-state index in [2.05, 4.69) is 15.9 Å². The molecule has 0 atom stereocenters. The van der Waals surface area contributed by atoms with E-state index in [1.807, 2.05) is 36.4 Å². The van der Waals surface area contributed by atoms with Crippen molar-refractivity contribution in [2.24, 2.45) is 0 Å². The normalized spacial score (nSPS) is 11.1. The van der Waals surface area contributed by atoms with Gasteiger partial charge < -0.3 is 4.74 Å². The number of hydrogen-bond donors (Lipinski definition) is 0. The van der Waals surface area contributed by atoms with Gasteiger partial charge >= 0.3 is 0 Å². The molecule has 27 heavy (non-hydrogen) atoms. The van der Waals surface area contributed by atoms with Crippen molar-refractivity contribution in [3.8, 4) is 11.4 Å². The van der Waals surface area contributed by atoms with Crippen LogP contribution in [0.15, 0.2) is 57.8 Å². The van der Waals surface area contributed by atoms with Crippen LogP contribution in [0.3, 0.4) is 0 Å². The molecule has 0 N–H and O–H groups in total. The zero-order valence-electron chi connectivity index (χ0n) is 14.7. The summed E-state index contributed by atoms with van der Waals surface area (Å²) < 4.78 is 35.1. The Hall–Kier alpha value is -2.73. The summed E-state index contributed by atoms with van der Waals surface area (Å²) in [7, 11) is 1.44.